The van der Waals surface area contributed by atoms with Gasteiger partial charge in [-0.15, -0.1) is 0 Å². The summed E-state index contributed by atoms with van der Waals surface area (Å²) in [6.07, 6.45) is -6.27. The number of hydrogen-bond acceptors (Lipinski definition) is 5. The molecule has 1 aliphatic heterocycles. The number of guanidine groups is 1. The number of fused-ring (bicyclic) bond motifs is 1. The molecule has 0 aliphatic carbocycles. The summed E-state index contributed by atoms with van der Waals surface area (Å²) in [7, 11) is 1.08. The molecule has 0 unspecified atom stereocenters. The van der Waals surface area contributed by atoms with Crippen molar-refractivity contribution < 1.29 is 32.2 Å². The Hall–Kier alpha value is -2.66. The lowest BCUT2D eigenvalue weighted by atomic mass is 9.99. The molecule has 0 saturated heterocycles. The fourth-order valence-corrected chi connectivity index (χ4v) is 3.38. The predicted octanol–water partition coefficient (Wildman–Crippen LogP) is 2.62. The Bertz CT molecular complexity index is 909. The molecule has 1 aromatic rings. The Morgan fingerprint density at radius 2 is 2.03 bits per heavy atom. The minimum absolute atomic E-state index is 0.0256. The Labute approximate surface area is 185 Å². The maximum absolute atomic E-state index is 13.6. The van der Waals surface area contributed by atoms with Gasteiger partial charge in [0.05, 0.1) is 17.7 Å². The van der Waals surface area contributed by atoms with Crippen molar-refractivity contribution in [3.05, 3.63) is 33.3 Å². The van der Waals surface area contributed by atoms with E-state index in [1.807, 2.05) is 0 Å². The van der Waals surface area contributed by atoms with E-state index in [0.29, 0.717) is 0 Å². The van der Waals surface area contributed by atoms with E-state index in [-0.39, 0.29) is 46.7 Å². The van der Waals surface area contributed by atoms with E-state index in [9.17, 15) is 22.8 Å². The molecule has 5 N–H and O–H groups in total. The minimum atomic E-state index is -4.93. The van der Waals surface area contributed by atoms with E-state index in [1.54, 1.807) is 0 Å². The molecule has 1 aromatic carbocycles. The average molecular weight is 483 g/mol. The lowest BCUT2D eigenvalue weighted by Crippen LogP contribution is -2.48. The molecule has 0 radical (unpaired) electrons. The summed E-state index contributed by atoms with van der Waals surface area (Å²) in [5.74, 6) is -2.56. The van der Waals surface area contributed by atoms with E-state index < -0.39 is 35.8 Å². The Morgan fingerprint density at radius 1 is 1.35 bits per heavy atom. The van der Waals surface area contributed by atoms with Crippen LogP contribution in [-0.4, -0.2) is 49.8 Å². The van der Waals surface area contributed by atoms with E-state index in [2.05, 4.69) is 15.4 Å². The van der Waals surface area contributed by atoms with E-state index in [1.165, 1.54) is 12.1 Å². The van der Waals surface area contributed by atoms with Gasteiger partial charge in [0.15, 0.2) is 5.96 Å². The second kappa shape index (κ2) is 10.1. The maximum Gasteiger partial charge on any atom is 0.429 e. The molecule has 0 spiro atoms. The van der Waals surface area contributed by atoms with Gasteiger partial charge < -0.3 is 25.8 Å². The standard InChI is InChI=1S/C18H19Cl2F3N4O4/c1-30-16(29)12(3-2-4-26-17(24)25)27-15(28)10-6-8-5-9(19)7-11(20)13(8)31-14(10)18(21,22)23/h5-7,12,14H,2-4H2,1H3,(H,27,28)(H4,24,25,26)/t12-,14-/m0/s1. The highest BCUT2D eigenvalue weighted by molar-refractivity contribution is 6.36. The van der Waals surface area contributed by atoms with Gasteiger partial charge >= 0.3 is 12.1 Å². The number of hydrogen-bond donors (Lipinski definition) is 4. The second-order valence-electron chi connectivity index (χ2n) is 6.48. The Morgan fingerprint density at radius 3 is 2.61 bits per heavy atom. The number of benzene rings is 1. The van der Waals surface area contributed by atoms with Crippen molar-refractivity contribution in [2.75, 3.05) is 13.7 Å². The summed E-state index contributed by atoms with van der Waals surface area (Å²) in [6.45, 7) is 0.208. The molecule has 2 rings (SSSR count). The summed E-state index contributed by atoms with van der Waals surface area (Å²) >= 11 is 11.8. The van der Waals surface area contributed by atoms with Crippen LogP contribution in [0.2, 0.25) is 10.0 Å². The fraction of sp³-hybridized carbons (Fsp3) is 0.389. The predicted molar refractivity (Wildman–Crippen MR) is 108 cm³/mol. The number of carbonyl (C=O) groups is 2. The number of amides is 1. The van der Waals surface area contributed by atoms with E-state index in [4.69, 9.17) is 39.1 Å². The zero-order valence-electron chi connectivity index (χ0n) is 16.1. The summed E-state index contributed by atoms with van der Waals surface area (Å²) in [6, 6.07) is 1.29. The third-order valence-corrected chi connectivity index (χ3v) is 4.70. The third kappa shape index (κ3) is 6.41. The normalized spacial score (nSPS) is 16.3. The molecule has 170 valence electrons. The molecule has 1 heterocycles. The van der Waals surface area contributed by atoms with Crippen molar-refractivity contribution in [2.45, 2.75) is 31.2 Å². The van der Waals surface area contributed by atoms with Gasteiger partial charge in [0.25, 0.3) is 5.91 Å². The number of carbonyl (C=O) groups excluding carboxylic acids is 2. The largest absolute Gasteiger partial charge is 0.474 e. The van der Waals surface area contributed by atoms with Crippen LogP contribution in [0.1, 0.15) is 18.4 Å². The van der Waals surface area contributed by atoms with Gasteiger partial charge in [0.2, 0.25) is 6.10 Å². The van der Waals surface area contributed by atoms with Crippen LogP contribution in [0.5, 0.6) is 5.75 Å². The van der Waals surface area contributed by atoms with Crippen LogP contribution < -0.4 is 21.1 Å². The highest BCUT2D eigenvalue weighted by atomic mass is 35.5. The third-order valence-electron chi connectivity index (χ3n) is 4.20. The average Bonchev–Trinajstić information content (AvgIpc) is 2.67. The summed E-state index contributed by atoms with van der Waals surface area (Å²) in [4.78, 5) is 24.7. The number of ether oxygens (including phenoxy) is 2. The number of rotatable bonds is 7. The first kappa shape index (κ1) is 24.6. The molecule has 13 heteroatoms. The first-order chi connectivity index (χ1) is 14.4. The number of esters is 1. The monoisotopic (exact) mass is 482 g/mol. The Kier molecular flexibility index (Phi) is 8.02. The van der Waals surface area contributed by atoms with Gasteiger partial charge in [0, 0.05) is 17.1 Å². The van der Waals surface area contributed by atoms with Crippen LogP contribution in [0.15, 0.2) is 17.7 Å². The number of halogens is 5. The quantitative estimate of drug-likeness (QED) is 0.205. The van der Waals surface area contributed by atoms with Crippen molar-refractivity contribution in [1.82, 2.24) is 10.6 Å². The van der Waals surface area contributed by atoms with E-state index >= 15 is 0 Å². The van der Waals surface area contributed by atoms with Gasteiger partial charge in [-0.25, -0.2) is 4.79 Å². The van der Waals surface area contributed by atoms with Crippen molar-refractivity contribution in [1.29, 1.82) is 5.41 Å². The van der Waals surface area contributed by atoms with Crippen LogP contribution in [0.4, 0.5) is 13.2 Å². The fourth-order valence-electron chi connectivity index (χ4n) is 2.83. The van der Waals surface area contributed by atoms with Crippen LogP contribution in [0.25, 0.3) is 6.08 Å². The molecule has 1 amide bonds. The highest BCUT2D eigenvalue weighted by Crippen LogP contribution is 2.42. The zero-order valence-corrected chi connectivity index (χ0v) is 17.6. The summed E-state index contributed by atoms with van der Waals surface area (Å²) in [5.41, 5.74) is 4.47. The molecule has 8 nitrogen and oxygen atoms in total. The van der Waals surface area contributed by atoms with E-state index in [0.717, 1.165) is 13.2 Å². The van der Waals surface area contributed by atoms with Crippen molar-refractivity contribution >= 4 is 47.1 Å². The molecule has 0 aromatic heterocycles. The molecule has 2 atom stereocenters. The van der Waals surface area contributed by atoms with Crippen LogP contribution >= 0.6 is 23.2 Å². The minimum Gasteiger partial charge on any atom is -0.474 e. The molecular formula is C18H19Cl2F3N4O4. The first-order valence-corrected chi connectivity index (χ1v) is 9.60. The van der Waals surface area contributed by atoms with Gasteiger partial charge in [0.1, 0.15) is 11.8 Å². The second-order valence-corrected chi connectivity index (χ2v) is 7.32. The van der Waals surface area contributed by atoms with Gasteiger partial charge in [-0.05, 0) is 31.1 Å². The molecule has 0 saturated carbocycles. The SMILES string of the molecule is COC(=O)[C@H](CCCNC(=N)N)NC(=O)C1=Cc2cc(Cl)cc(Cl)c2O[C@@H]1C(F)(F)F. The first-order valence-electron chi connectivity index (χ1n) is 8.84. The molecule has 1 aliphatic rings. The number of nitrogens with one attached hydrogen (secondary N) is 3. The number of nitrogens with two attached hydrogens (primary N) is 1. The maximum atomic E-state index is 13.6. The van der Waals surface area contributed by atoms with Gasteiger partial charge in [-0.2, -0.15) is 13.2 Å². The molecule has 0 fully saturated rings. The lowest BCUT2D eigenvalue weighted by molar-refractivity contribution is -0.185. The van der Waals surface area contributed by atoms with Gasteiger partial charge in [-0.1, -0.05) is 23.2 Å². The Balaban J connectivity index is 2.30. The molecule has 31 heavy (non-hydrogen) atoms. The van der Waals surface area contributed by atoms with Crippen LogP contribution in [0.3, 0.4) is 0 Å². The van der Waals surface area contributed by atoms with Crippen LogP contribution in [0, 0.1) is 5.41 Å². The number of alkyl halides is 3. The van der Waals surface area contributed by atoms with Gasteiger partial charge in [-0.3, -0.25) is 10.2 Å². The smallest absolute Gasteiger partial charge is 0.429 e. The zero-order chi connectivity index (χ0) is 23.3. The summed E-state index contributed by atoms with van der Waals surface area (Å²) in [5, 5.41) is 11.8. The topological polar surface area (TPSA) is 127 Å². The van der Waals surface area contributed by atoms with Crippen LogP contribution in [-0.2, 0) is 14.3 Å². The highest BCUT2D eigenvalue weighted by Gasteiger charge is 2.49. The molecular weight excluding hydrogens is 464 g/mol. The van der Waals surface area contributed by atoms with Crippen molar-refractivity contribution in [3.63, 3.8) is 0 Å². The summed E-state index contributed by atoms with van der Waals surface area (Å²) < 4.78 is 50.4. The van der Waals surface area contributed by atoms with Crippen molar-refractivity contribution in [3.8, 4) is 5.75 Å². The lowest BCUT2D eigenvalue weighted by Gasteiger charge is -2.29. The number of methoxy groups -OCH3 is 1. The molecule has 0 bridgehead atoms. The van der Waals surface area contributed by atoms with Crippen molar-refractivity contribution in [2.24, 2.45) is 5.73 Å².